The lowest BCUT2D eigenvalue weighted by Gasteiger charge is -2.12. The molecule has 0 aliphatic rings. The molecule has 142 valence electrons. The third-order valence-corrected chi connectivity index (χ3v) is 4.80. The lowest BCUT2D eigenvalue weighted by Crippen LogP contribution is -2.25. The summed E-state index contributed by atoms with van der Waals surface area (Å²) in [5, 5.41) is 12.4. The van der Waals surface area contributed by atoms with Crippen LogP contribution in [0.3, 0.4) is 0 Å². The van der Waals surface area contributed by atoms with Crippen molar-refractivity contribution in [1.82, 2.24) is 30.0 Å². The molecule has 1 amide bonds. The molecule has 3 heterocycles. The van der Waals surface area contributed by atoms with Gasteiger partial charge < -0.3 is 9.88 Å². The van der Waals surface area contributed by atoms with Gasteiger partial charge in [-0.3, -0.25) is 9.78 Å². The van der Waals surface area contributed by atoms with Gasteiger partial charge in [0.05, 0.1) is 11.0 Å². The predicted octanol–water partition coefficient (Wildman–Crippen LogP) is 3.24. The van der Waals surface area contributed by atoms with Gasteiger partial charge in [0, 0.05) is 35.9 Å². The summed E-state index contributed by atoms with van der Waals surface area (Å²) in [6.07, 6.45) is 4.27. The van der Waals surface area contributed by atoms with Gasteiger partial charge in [-0.15, -0.1) is 10.2 Å². The summed E-state index contributed by atoms with van der Waals surface area (Å²) in [6.45, 7) is 6.74. The van der Waals surface area contributed by atoms with Gasteiger partial charge in [0.15, 0.2) is 0 Å². The summed E-state index contributed by atoms with van der Waals surface area (Å²) in [7, 11) is 0. The number of pyridine rings is 1. The molecule has 0 unspecified atom stereocenters. The SMILES string of the molecule is Cc1nc2nnc3ccc(C(=O)NCCc4ccncc4)cc3c2n1C(C)C. The summed E-state index contributed by atoms with van der Waals surface area (Å²) in [5.74, 6) is 0.784. The molecule has 0 aliphatic carbocycles. The van der Waals surface area contributed by atoms with Crippen LogP contribution in [0.15, 0.2) is 42.7 Å². The van der Waals surface area contributed by atoms with E-state index in [1.54, 1.807) is 18.5 Å². The monoisotopic (exact) mass is 374 g/mol. The normalized spacial score (nSPS) is 11.4. The molecule has 4 aromatic rings. The second-order valence-electron chi connectivity index (χ2n) is 7.09. The minimum absolute atomic E-state index is 0.103. The van der Waals surface area contributed by atoms with Crippen LogP contribution in [0.5, 0.6) is 0 Å². The van der Waals surface area contributed by atoms with Crippen LogP contribution in [-0.2, 0) is 6.42 Å². The number of carbonyl (C=O) groups is 1. The number of hydrogen-bond acceptors (Lipinski definition) is 5. The molecule has 1 aromatic carbocycles. The van der Waals surface area contributed by atoms with Gasteiger partial charge in [0.25, 0.3) is 5.91 Å². The van der Waals surface area contributed by atoms with Crippen molar-refractivity contribution >= 4 is 28.0 Å². The zero-order chi connectivity index (χ0) is 19.7. The van der Waals surface area contributed by atoms with Crippen LogP contribution in [0.4, 0.5) is 0 Å². The van der Waals surface area contributed by atoms with E-state index in [2.05, 4.69) is 43.9 Å². The molecule has 28 heavy (non-hydrogen) atoms. The lowest BCUT2D eigenvalue weighted by atomic mass is 10.1. The number of aromatic nitrogens is 5. The maximum Gasteiger partial charge on any atom is 0.251 e. The van der Waals surface area contributed by atoms with Crippen LogP contribution < -0.4 is 5.32 Å². The fraction of sp³-hybridized carbons (Fsp3) is 0.286. The number of hydrogen-bond donors (Lipinski definition) is 1. The Kier molecular flexibility index (Phi) is 4.73. The van der Waals surface area contributed by atoms with E-state index < -0.39 is 0 Å². The van der Waals surface area contributed by atoms with Gasteiger partial charge >= 0.3 is 0 Å². The van der Waals surface area contributed by atoms with Crippen LogP contribution in [0, 0.1) is 6.92 Å². The molecule has 0 radical (unpaired) electrons. The van der Waals surface area contributed by atoms with E-state index in [4.69, 9.17) is 0 Å². The number of carbonyl (C=O) groups excluding carboxylic acids is 1. The number of amides is 1. The number of fused-ring (bicyclic) bond motifs is 3. The fourth-order valence-corrected chi connectivity index (χ4v) is 3.51. The second-order valence-corrected chi connectivity index (χ2v) is 7.09. The summed E-state index contributed by atoms with van der Waals surface area (Å²) >= 11 is 0. The molecule has 0 bridgehead atoms. The van der Waals surface area contributed by atoms with Crippen molar-refractivity contribution in [3.8, 4) is 0 Å². The minimum atomic E-state index is -0.103. The molecular weight excluding hydrogens is 352 g/mol. The van der Waals surface area contributed by atoms with Crippen molar-refractivity contribution in [3.05, 3.63) is 59.7 Å². The van der Waals surface area contributed by atoms with Crippen molar-refractivity contribution < 1.29 is 4.79 Å². The number of aryl methyl sites for hydroxylation is 1. The van der Waals surface area contributed by atoms with E-state index in [1.165, 1.54) is 0 Å². The van der Waals surface area contributed by atoms with Gasteiger partial charge in [-0.05, 0) is 63.1 Å². The Morgan fingerprint density at radius 1 is 1.14 bits per heavy atom. The molecule has 7 heteroatoms. The van der Waals surface area contributed by atoms with E-state index >= 15 is 0 Å². The van der Waals surface area contributed by atoms with E-state index in [9.17, 15) is 4.79 Å². The maximum absolute atomic E-state index is 12.7. The quantitative estimate of drug-likeness (QED) is 0.580. The first-order chi connectivity index (χ1) is 13.5. The highest BCUT2D eigenvalue weighted by Gasteiger charge is 2.16. The molecule has 7 nitrogen and oxygen atoms in total. The van der Waals surface area contributed by atoms with Crippen LogP contribution in [0.25, 0.3) is 22.1 Å². The largest absolute Gasteiger partial charge is 0.352 e. The smallest absolute Gasteiger partial charge is 0.251 e. The first-order valence-corrected chi connectivity index (χ1v) is 9.36. The molecule has 1 N–H and O–H groups in total. The average Bonchev–Trinajstić information content (AvgIpc) is 3.05. The molecule has 0 saturated carbocycles. The number of imidazole rings is 1. The standard InChI is InChI=1S/C21H22N6O/c1-13(2)27-14(3)24-20-19(27)17-12-16(4-5-18(17)25-26-20)21(28)23-11-8-15-6-9-22-10-7-15/h4-7,9-10,12-13H,8,11H2,1-3H3,(H,23,28). The number of nitrogens with one attached hydrogen (secondary N) is 1. The predicted molar refractivity (Wildman–Crippen MR) is 108 cm³/mol. The Balaban J connectivity index is 1.64. The van der Waals surface area contributed by atoms with E-state index in [0.29, 0.717) is 17.8 Å². The van der Waals surface area contributed by atoms with Crippen molar-refractivity contribution in [3.63, 3.8) is 0 Å². The maximum atomic E-state index is 12.7. The molecule has 4 rings (SSSR count). The van der Waals surface area contributed by atoms with Crippen molar-refractivity contribution in [2.75, 3.05) is 6.54 Å². The summed E-state index contributed by atoms with van der Waals surface area (Å²) in [5.41, 5.74) is 4.02. The Hall–Kier alpha value is -3.35. The molecule has 0 fully saturated rings. The van der Waals surface area contributed by atoms with Crippen LogP contribution in [0.1, 0.15) is 41.6 Å². The minimum Gasteiger partial charge on any atom is -0.352 e. The second kappa shape index (κ2) is 7.34. The zero-order valence-electron chi connectivity index (χ0n) is 16.2. The van der Waals surface area contributed by atoms with E-state index in [-0.39, 0.29) is 11.9 Å². The number of nitrogens with zero attached hydrogens (tertiary/aromatic N) is 5. The molecule has 0 saturated heterocycles. The van der Waals surface area contributed by atoms with Gasteiger partial charge in [0.2, 0.25) is 5.65 Å². The molecular formula is C21H22N6O. The Bertz CT molecular complexity index is 1150. The van der Waals surface area contributed by atoms with Gasteiger partial charge in [-0.2, -0.15) is 0 Å². The molecule has 0 spiro atoms. The first kappa shape index (κ1) is 18.0. The van der Waals surface area contributed by atoms with Crippen LogP contribution >= 0.6 is 0 Å². The molecule has 3 aromatic heterocycles. The summed E-state index contributed by atoms with van der Waals surface area (Å²) in [4.78, 5) is 21.2. The summed E-state index contributed by atoms with van der Waals surface area (Å²) in [6, 6.07) is 9.64. The van der Waals surface area contributed by atoms with Crippen molar-refractivity contribution in [2.24, 2.45) is 0 Å². The third-order valence-electron chi connectivity index (χ3n) is 4.80. The van der Waals surface area contributed by atoms with E-state index in [1.807, 2.05) is 31.2 Å². The molecule has 0 aliphatic heterocycles. The number of benzene rings is 1. The van der Waals surface area contributed by atoms with Crippen LogP contribution in [-0.4, -0.2) is 37.2 Å². The molecule has 0 atom stereocenters. The Morgan fingerprint density at radius 3 is 2.68 bits per heavy atom. The topological polar surface area (TPSA) is 85.6 Å². The average molecular weight is 374 g/mol. The Labute approximate surface area is 162 Å². The first-order valence-electron chi connectivity index (χ1n) is 9.36. The van der Waals surface area contributed by atoms with Crippen molar-refractivity contribution in [1.29, 1.82) is 0 Å². The highest BCUT2D eigenvalue weighted by atomic mass is 16.1. The lowest BCUT2D eigenvalue weighted by molar-refractivity contribution is 0.0954. The highest BCUT2D eigenvalue weighted by molar-refractivity contribution is 6.05. The van der Waals surface area contributed by atoms with Crippen molar-refractivity contribution in [2.45, 2.75) is 33.2 Å². The van der Waals surface area contributed by atoms with E-state index in [0.717, 1.165) is 34.2 Å². The van der Waals surface area contributed by atoms with Gasteiger partial charge in [-0.1, -0.05) is 0 Å². The van der Waals surface area contributed by atoms with Gasteiger partial charge in [0.1, 0.15) is 5.82 Å². The third kappa shape index (κ3) is 3.31. The zero-order valence-corrected chi connectivity index (χ0v) is 16.2. The van der Waals surface area contributed by atoms with Gasteiger partial charge in [-0.25, -0.2) is 4.98 Å². The Morgan fingerprint density at radius 2 is 1.93 bits per heavy atom. The highest BCUT2D eigenvalue weighted by Crippen LogP contribution is 2.26. The fourth-order valence-electron chi connectivity index (χ4n) is 3.51. The summed E-state index contributed by atoms with van der Waals surface area (Å²) < 4.78 is 2.14. The van der Waals surface area contributed by atoms with Crippen LogP contribution in [0.2, 0.25) is 0 Å². The number of rotatable bonds is 5.